The van der Waals surface area contributed by atoms with E-state index in [9.17, 15) is 18.0 Å². The van der Waals surface area contributed by atoms with Gasteiger partial charge in [0.2, 0.25) is 23.7 Å². The molecular formula is C27H33F3N10O2. The summed E-state index contributed by atoms with van der Waals surface area (Å²) in [6.45, 7) is 7.64. The maximum Gasteiger partial charge on any atom is 0.422 e. The van der Waals surface area contributed by atoms with Gasteiger partial charge in [0.1, 0.15) is 12.0 Å². The number of anilines is 6. The van der Waals surface area contributed by atoms with E-state index in [1.807, 2.05) is 36.0 Å². The van der Waals surface area contributed by atoms with Gasteiger partial charge in [0.05, 0.1) is 17.1 Å². The van der Waals surface area contributed by atoms with Crippen LogP contribution in [-0.4, -0.2) is 89.3 Å². The summed E-state index contributed by atoms with van der Waals surface area (Å²) in [6.07, 6.45) is -0.521. The number of carbonyl (C=O) groups excluding carboxylic acids is 1. The molecule has 0 aliphatic carbocycles. The fraction of sp³-hybridized carbons (Fsp3) is 0.407. The Kier molecular flexibility index (Phi) is 8.80. The van der Waals surface area contributed by atoms with Crippen LogP contribution >= 0.6 is 0 Å². The Morgan fingerprint density at radius 3 is 2.62 bits per heavy atom. The number of likely N-dealkylation sites (N-methyl/N-ethyl adjacent to an activating group) is 2. The van der Waals surface area contributed by atoms with Crippen LogP contribution in [0.1, 0.15) is 19.5 Å². The summed E-state index contributed by atoms with van der Waals surface area (Å²) < 4.78 is 44.6. The third kappa shape index (κ3) is 7.21. The van der Waals surface area contributed by atoms with E-state index < -0.39 is 18.7 Å². The number of carbonyl (C=O) groups is 1. The maximum absolute atomic E-state index is 13.2. The van der Waals surface area contributed by atoms with Crippen LogP contribution in [0.2, 0.25) is 0 Å². The van der Waals surface area contributed by atoms with Gasteiger partial charge in [0, 0.05) is 38.3 Å². The number of nitrogens with zero attached hydrogens (tertiary/aromatic N) is 8. The number of rotatable bonds is 11. The number of fused-ring (bicyclic) bond motifs is 1. The minimum atomic E-state index is -4.62. The Labute approximate surface area is 241 Å². The van der Waals surface area contributed by atoms with Crippen LogP contribution < -0.4 is 25.2 Å². The first kappa shape index (κ1) is 30.4. The van der Waals surface area contributed by atoms with E-state index in [0.717, 1.165) is 17.5 Å². The van der Waals surface area contributed by atoms with E-state index in [2.05, 4.69) is 56.0 Å². The van der Waals surface area contributed by atoms with Crippen LogP contribution in [0.4, 0.5) is 47.9 Å². The highest BCUT2D eigenvalue weighted by Crippen LogP contribution is 2.42. The second-order valence-corrected chi connectivity index (χ2v) is 10.6. The fourth-order valence-corrected chi connectivity index (χ4v) is 4.33. The Hall–Kier alpha value is -4.53. The molecule has 4 heterocycles. The second kappa shape index (κ2) is 12.1. The molecule has 0 aromatic carbocycles. The molecule has 4 rings (SSSR count). The average molecular weight is 587 g/mol. The molecule has 2 N–H and O–H groups in total. The topological polar surface area (TPSA) is 125 Å². The lowest BCUT2D eigenvalue weighted by Crippen LogP contribution is -2.30. The van der Waals surface area contributed by atoms with Crippen molar-refractivity contribution in [2.75, 3.05) is 67.8 Å². The molecule has 1 aliphatic rings. The van der Waals surface area contributed by atoms with Crippen LogP contribution in [0.25, 0.3) is 0 Å². The third-order valence-electron chi connectivity index (χ3n) is 6.35. The van der Waals surface area contributed by atoms with E-state index in [1.165, 1.54) is 12.4 Å². The number of pyridine rings is 2. The summed E-state index contributed by atoms with van der Waals surface area (Å²) in [5.41, 5.74) is 1.69. The molecule has 0 fully saturated rings. The number of nitrogens with one attached hydrogen (secondary N) is 2. The first-order valence-corrected chi connectivity index (χ1v) is 13.0. The number of halogens is 3. The molecule has 1 aliphatic heterocycles. The minimum Gasteiger partial charge on any atom is -0.466 e. The highest BCUT2D eigenvalue weighted by atomic mass is 19.4. The van der Waals surface area contributed by atoms with Crippen molar-refractivity contribution in [2.24, 2.45) is 0 Å². The molecular weight excluding hydrogens is 553 g/mol. The minimum absolute atomic E-state index is 0.00402. The molecule has 0 radical (unpaired) electrons. The van der Waals surface area contributed by atoms with Crippen LogP contribution in [0.15, 0.2) is 43.4 Å². The molecule has 15 heteroatoms. The molecule has 0 unspecified atom stereocenters. The lowest BCUT2D eigenvalue weighted by molar-refractivity contribution is -0.153. The molecule has 3 aromatic heterocycles. The molecule has 224 valence electrons. The molecule has 42 heavy (non-hydrogen) atoms. The van der Waals surface area contributed by atoms with Gasteiger partial charge in [-0.3, -0.25) is 9.78 Å². The molecule has 12 nitrogen and oxygen atoms in total. The standard InChI is InChI=1S/C27H33F3N10O2/c1-7-20(41)34-17-13-18(23(42-15-27(28,29)30)36-22(17)39(6)12-11-38(4)5)35-24-32-16-33-25(37-24)40-14-26(2,3)21-19(40)9-8-10-31-21/h7-10,13,16H,1,11-12,14-15H2,2-6H3,(H,34,41)(H,32,33,35,37). The van der Waals surface area contributed by atoms with Crippen molar-refractivity contribution < 1.29 is 22.7 Å². The first-order chi connectivity index (χ1) is 19.8. The van der Waals surface area contributed by atoms with Crippen molar-refractivity contribution in [1.82, 2.24) is 29.8 Å². The molecule has 3 aromatic rings. The van der Waals surface area contributed by atoms with Gasteiger partial charge in [0.25, 0.3) is 0 Å². The normalized spacial score (nSPS) is 14.0. The van der Waals surface area contributed by atoms with E-state index in [0.29, 0.717) is 25.6 Å². The van der Waals surface area contributed by atoms with Gasteiger partial charge >= 0.3 is 6.18 Å². The highest BCUT2D eigenvalue weighted by Gasteiger charge is 2.38. The fourth-order valence-electron chi connectivity index (χ4n) is 4.33. The molecule has 0 saturated carbocycles. The van der Waals surface area contributed by atoms with Crippen LogP contribution in [0, 0.1) is 0 Å². The summed E-state index contributed by atoms with van der Waals surface area (Å²) in [6, 6.07) is 5.16. The highest BCUT2D eigenvalue weighted by molar-refractivity contribution is 6.01. The SMILES string of the molecule is C=CC(=O)Nc1cc(Nc2ncnc(N3CC(C)(C)c4ncccc43)n2)c(OCC(F)(F)F)nc1N(C)CCN(C)C. The third-order valence-corrected chi connectivity index (χ3v) is 6.35. The quantitative estimate of drug-likeness (QED) is 0.318. The van der Waals surface area contributed by atoms with Gasteiger partial charge < -0.3 is 30.1 Å². The number of amides is 1. The zero-order valence-corrected chi connectivity index (χ0v) is 24.0. The van der Waals surface area contributed by atoms with E-state index in [-0.39, 0.29) is 34.4 Å². The van der Waals surface area contributed by atoms with Crippen molar-refractivity contribution in [3.05, 3.63) is 49.1 Å². The van der Waals surface area contributed by atoms with Crippen LogP contribution in [-0.2, 0) is 10.2 Å². The lowest BCUT2D eigenvalue weighted by atomic mass is 9.91. The summed E-state index contributed by atoms with van der Waals surface area (Å²) in [4.78, 5) is 39.7. The molecule has 1 amide bonds. The zero-order valence-electron chi connectivity index (χ0n) is 24.0. The van der Waals surface area contributed by atoms with Crippen molar-refractivity contribution in [2.45, 2.75) is 25.4 Å². The molecule has 0 saturated heterocycles. The van der Waals surface area contributed by atoms with Gasteiger partial charge in [-0.2, -0.15) is 23.1 Å². The molecule has 0 spiro atoms. The predicted molar refractivity (Wildman–Crippen MR) is 154 cm³/mol. The summed E-state index contributed by atoms with van der Waals surface area (Å²) >= 11 is 0. The van der Waals surface area contributed by atoms with Crippen molar-refractivity contribution in [3.8, 4) is 5.88 Å². The maximum atomic E-state index is 13.2. The van der Waals surface area contributed by atoms with Gasteiger partial charge in [0.15, 0.2) is 12.4 Å². The van der Waals surface area contributed by atoms with Crippen molar-refractivity contribution in [1.29, 1.82) is 0 Å². The number of hydrogen-bond acceptors (Lipinski definition) is 11. The van der Waals surface area contributed by atoms with E-state index in [1.54, 1.807) is 18.1 Å². The smallest absolute Gasteiger partial charge is 0.422 e. The van der Waals surface area contributed by atoms with E-state index >= 15 is 0 Å². The van der Waals surface area contributed by atoms with Gasteiger partial charge in [-0.05, 0) is 38.4 Å². The zero-order chi connectivity index (χ0) is 30.7. The van der Waals surface area contributed by atoms with Gasteiger partial charge in [-0.25, -0.2) is 9.97 Å². The Bertz CT molecular complexity index is 1450. The summed E-state index contributed by atoms with van der Waals surface area (Å²) in [7, 11) is 5.47. The lowest BCUT2D eigenvalue weighted by Gasteiger charge is -2.25. The summed E-state index contributed by atoms with van der Waals surface area (Å²) in [5.74, 6) is -0.328. The van der Waals surface area contributed by atoms with Crippen molar-refractivity contribution in [3.63, 3.8) is 0 Å². The predicted octanol–water partition coefficient (Wildman–Crippen LogP) is 3.90. The second-order valence-electron chi connectivity index (χ2n) is 10.6. The summed E-state index contributed by atoms with van der Waals surface area (Å²) in [5, 5.41) is 5.57. The van der Waals surface area contributed by atoms with Gasteiger partial charge in [-0.1, -0.05) is 20.4 Å². The number of hydrogen-bond donors (Lipinski definition) is 2. The van der Waals surface area contributed by atoms with Crippen LogP contribution in [0.3, 0.4) is 0 Å². The molecule has 0 atom stereocenters. The average Bonchev–Trinajstić information content (AvgIpc) is 3.21. The van der Waals surface area contributed by atoms with Crippen LogP contribution in [0.5, 0.6) is 5.88 Å². The largest absolute Gasteiger partial charge is 0.466 e. The Morgan fingerprint density at radius 2 is 1.93 bits per heavy atom. The van der Waals surface area contributed by atoms with Crippen molar-refractivity contribution >= 4 is 40.7 Å². The number of ether oxygens (including phenoxy) is 1. The Balaban J connectivity index is 1.73. The first-order valence-electron chi connectivity index (χ1n) is 13.0. The number of alkyl halides is 3. The Morgan fingerprint density at radius 1 is 1.17 bits per heavy atom. The van der Waals surface area contributed by atoms with Gasteiger partial charge in [-0.15, -0.1) is 0 Å². The monoisotopic (exact) mass is 586 g/mol. The molecule has 0 bridgehead atoms. The van der Waals surface area contributed by atoms with E-state index in [4.69, 9.17) is 4.74 Å². The number of aromatic nitrogens is 5.